The number of aromatic nitrogens is 2. The van der Waals surface area contributed by atoms with Crippen LogP contribution in [0, 0.1) is 13.8 Å². The summed E-state index contributed by atoms with van der Waals surface area (Å²) in [6.45, 7) is 11.1. The molecule has 0 spiro atoms. The highest BCUT2D eigenvalue weighted by molar-refractivity contribution is 5.70. The number of nitrogens with zero attached hydrogens (tertiary/aromatic N) is 3. The normalized spacial score (nSPS) is 21.1. The van der Waals surface area contributed by atoms with Crippen LogP contribution >= 0.6 is 0 Å². The zero-order valence-electron chi connectivity index (χ0n) is 15.3. The summed E-state index contributed by atoms with van der Waals surface area (Å²) in [5, 5.41) is 8.12. The van der Waals surface area contributed by atoms with E-state index in [4.69, 9.17) is 4.74 Å². The van der Waals surface area contributed by atoms with E-state index >= 15 is 0 Å². The molecule has 0 radical (unpaired) electrons. The van der Waals surface area contributed by atoms with E-state index in [1.54, 1.807) is 0 Å². The molecule has 1 saturated heterocycles. The Morgan fingerprint density at radius 1 is 1.17 bits per heavy atom. The highest BCUT2D eigenvalue weighted by atomic mass is 16.5. The number of ether oxygens (including phenoxy) is 1. The van der Waals surface area contributed by atoms with Crippen LogP contribution in [-0.2, 0) is 18.3 Å². The minimum atomic E-state index is 0.254. The molecule has 0 unspecified atom stereocenters. The number of para-hydroxylation sites is 2. The lowest BCUT2D eigenvalue weighted by atomic mass is 10.1. The molecule has 0 saturated carbocycles. The number of aryl methyl sites for hydroxylation is 2. The summed E-state index contributed by atoms with van der Waals surface area (Å²) in [6.07, 6.45) is 0.509. The summed E-state index contributed by atoms with van der Waals surface area (Å²) in [5.41, 5.74) is 6.00. The SMILES string of the molecule is Cc1nn(C)c(C)c1CNc1ccccc1N1C[C@@H](C)O[C@H](C)C1. The second kappa shape index (κ2) is 6.85. The Hall–Kier alpha value is -2.01. The van der Waals surface area contributed by atoms with Gasteiger partial charge in [0.05, 0.1) is 29.3 Å². The Morgan fingerprint density at radius 2 is 1.83 bits per heavy atom. The summed E-state index contributed by atoms with van der Waals surface area (Å²) in [5.74, 6) is 0. The summed E-state index contributed by atoms with van der Waals surface area (Å²) in [7, 11) is 2.00. The maximum absolute atomic E-state index is 5.87. The van der Waals surface area contributed by atoms with Crippen molar-refractivity contribution in [2.75, 3.05) is 23.3 Å². The van der Waals surface area contributed by atoms with Crippen LogP contribution < -0.4 is 10.2 Å². The Labute approximate surface area is 144 Å². The third kappa shape index (κ3) is 3.41. The fraction of sp³-hybridized carbons (Fsp3) is 0.526. The summed E-state index contributed by atoms with van der Waals surface area (Å²) in [6, 6.07) is 8.53. The van der Waals surface area contributed by atoms with E-state index in [2.05, 4.69) is 67.3 Å². The van der Waals surface area contributed by atoms with Gasteiger partial charge in [0.2, 0.25) is 0 Å². The van der Waals surface area contributed by atoms with Crippen molar-refractivity contribution in [3.8, 4) is 0 Å². The van der Waals surface area contributed by atoms with Crippen LogP contribution in [0.4, 0.5) is 11.4 Å². The van der Waals surface area contributed by atoms with Gasteiger partial charge in [0.15, 0.2) is 0 Å². The lowest BCUT2D eigenvalue weighted by molar-refractivity contribution is -0.00517. The fourth-order valence-electron chi connectivity index (χ4n) is 3.53. The van der Waals surface area contributed by atoms with Crippen LogP contribution in [0.15, 0.2) is 24.3 Å². The molecule has 5 nitrogen and oxygen atoms in total. The van der Waals surface area contributed by atoms with Gasteiger partial charge in [-0.1, -0.05) is 12.1 Å². The van der Waals surface area contributed by atoms with E-state index in [0.29, 0.717) is 0 Å². The molecule has 1 aliphatic heterocycles. The maximum Gasteiger partial charge on any atom is 0.0726 e. The van der Waals surface area contributed by atoms with E-state index < -0.39 is 0 Å². The average molecular weight is 328 g/mol. The van der Waals surface area contributed by atoms with Gasteiger partial charge >= 0.3 is 0 Å². The largest absolute Gasteiger partial charge is 0.379 e. The molecule has 0 bridgehead atoms. The molecule has 1 aliphatic rings. The Morgan fingerprint density at radius 3 is 2.46 bits per heavy atom. The molecule has 1 fully saturated rings. The van der Waals surface area contributed by atoms with Gasteiger partial charge < -0.3 is 15.0 Å². The van der Waals surface area contributed by atoms with Gasteiger partial charge in [-0.2, -0.15) is 5.10 Å². The maximum atomic E-state index is 5.87. The molecule has 24 heavy (non-hydrogen) atoms. The third-order valence-corrected chi connectivity index (χ3v) is 4.78. The van der Waals surface area contributed by atoms with Crippen LogP contribution in [0.3, 0.4) is 0 Å². The van der Waals surface area contributed by atoms with Gasteiger partial charge in [-0.05, 0) is 39.8 Å². The summed E-state index contributed by atoms with van der Waals surface area (Å²) >= 11 is 0. The van der Waals surface area contributed by atoms with Gasteiger partial charge in [0.25, 0.3) is 0 Å². The molecule has 1 N–H and O–H groups in total. The molecular weight excluding hydrogens is 300 g/mol. The van der Waals surface area contributed by atoms with Gasteiger partial charge in [0, 0.05) is 37.9 Å². The van der Waals surface area contributed by atoms with Crippen LogP contribution in [0.2, 0.25) is 0 Å². The fourth-order valence-corrected chi connectivity index (χ4v) is 3.53. The van der Waals surface area contributed by atoms with Crippen LogP contribution in [0.5, 0.6) is 0 Å². The molecule has 1 aromatic carbocycles. The molecule has 0 aliphatic carbocycles. The Bertz CT molecular complexity index is 699. The molecule has 1 aromatic heterocycles. The smallest absolute Gasteiger partial charge is 0.0726 e. The van der Waals surface area contributed by atoms with E-state index in [0.717, 1.165) is 25.3 Å². The van der Waals surface area contributed by atoms with Crippen molar-refractivity contribution in [1.82, 2.24) is 9.78 Å². The second-order valence-corrected chi connectivity index (χ2v) is 6.81. The predicted molar refractivity (Wildman–Crippen MR) is 98.7 cm³/mol. The molecule has 5 heteroatoms. The van der Waals surface area contributed by atoms with Gasteiger partial charge in [0.1, 0.15) is 0 Å². The average Bonchev–Trinajstić information content (AvgIpc) is 2.77. The van der Waals surface area contributed by atoms with Crippen molar-refractivity contribution in [2.24, 2.45) is 7.05 Å². The quantitative estimate of drug-likeness (QED) is 0.935. The van der Waals surface area contributed by atoms with Gasteiger partial charge in [-0.15, -0.1) is 0 Å². The number of benzene rings is 1. The third-order valence-electron chi connectivity index (χ3n) is 4.78. The number of hydrogen-bond donors (Lipinski definition) is 1. The van der Waals surface area contributed by atoms with Crippen molar-refractivity contribution in [1.29, 1.82) is 0 Å². The summed E-state index contributed by atoms with van der Waals surface area (Å²) in [4.78, 5) is 2.42. The summed E-state index contributed by atoms with van der Waals surface area (Å²) < 4.78 is 7.82. The first kappa shape index (κ1) is 16.8. The molecule has 2 atom stereocenters. The highest BCUT2D eigenvalue weighted by Crippen LogP contribution is 2.29. The zero-order valence-corrected chi connectivity index (χ0v) is 15.3. The molecule has 3 rings (SSSR count). The van der Waals surface area contributed by atoms with Crippen molar-refractivity contribution >= 4 is 11.4 Å². The highest BCUT2D eigenvalue weighted by Gasteiger charge is 2.23. The van der Waals surface area contributed by atoms with Crippen LogP contribution in [0.1, 0.15) is 30.8 Å². The molecule has 2 aromatic rings. The second-order valence-electron chi connectivity index (χ2n) is 6.81. The van der Waals surface area contributed by atoms with Crippen molar-refractivity contribution < 1.29 is 4.74 Å². The Kier molecular flexibility index (Phi) is 4.81. The number of nitrogens with one attached hydrogen (secondary N) is 1. The van der Waals surface area contributed by atoms with E-state index in [1.807, 2.05) is 11.7 Å². The van der Waals surface area contributed by atoms with E-state index in [9.17, 15) is 0 Å². The number of morpholine rings is 1. The van der Waals surface area contributed by atoms with Crippen molar-refractivity contribution in [3.63, 3.8) is 0 Å². The lowest BCUT2D eigenvalue weighted by Gasteiger charge is -2.37. The van der Waals surface area contributed by atoms with E-state index in [-0.39, 0.29) is 12.2 Å². The Balaban J connectivity index is 1.79. The zero-order chi connectivity index (χ0) is 17.3. The lowest BCUT2D eigenvalue weighted by Crippen LogP contribution is -2.45. The molecule has 2 heterocycles. The molecular formula is C19H28N4O. The van der Waals surface area contributed by atoms with Gasteiger partial charge in [-0.25, -0.2) is 0 Å². The number of anilines is 2. The van der Waals surface area contributed by atoms with Crippen LogP contribution in [-0.4, -0.2) is 35.1 Å². The van der Waals surface area contributed by atoms with Crippen molar-refractivity contribution in [3.05, 3.63) is 41.2 Å². The van der Waals surface area contributed by atoms with Gasteiger partial charge in [-0.3, -0.25) is 4.68 Å². The minimum Gasteiger partial charge on any atom is -0.379 e. The number of hydrogen-bond acceptors (Lipinski definition) is 4. The predicted octanol–water partition coefficient (Wildman–Crippen LogP) is 3.26. The van der Waals surface area contributed by atoms with Crippen LogP contribution in [0.25, 0.3) is 0 Å². The topological polar surface area (TPSA) is 42.3 Å². The monoisotopic (exact) mass is 328 g/mol. The first-order valence-electron chi connectivity index (χ1n) is 8.68. The minimum absolute atomic E-state index is 0.254. The standard InChI is InChI=1S/C19H28N4O/c1-13-11-23(12-14(2)24-13)19-9-7-6-8-18(19)20-10-17-15(3)21-22(5)16(17)4/h6-9,13-14,20H,10-12H2,1-5H3/t13-,14-/m1/s1. The first-order chi connectivity index (χ1) is 11.5. The molecule has 0 amide bonds. The first-order valence-corrected chi connectivity index (χ1v) is 8.68. The van der Waals surface area contributed by atoms with E-state index in [1.165, 1.54) is 22.6 Å². The molecule has 130 valence electrons. The van der Waals surface area contributed by atoms with Crippen molar-refractivity contribution in [2.45, 2.75) is 46.4 Å². The number of rotatable bonds is 4.